The zero-order valence-electron chi connectivity index (χ0n) is 19.1. The number of quaternary nitrogens is 1. The van der Waals surface area contributed by atoms with E-state index in [2.05, 4.69) is 12.2 Å². The molecule has 0 aliphatic rings. The van der Waals surface area contributed by atoms with Gasteiger partial charge in [0.2, 0.25) is 0 Å². The van der Waals surface area contributed by atoms with Crippen LogP contribution in [0.2, 0.25) is 0 Å². The molecule has 0 spiro atoms. The second-order valence-corrected chi connectivity index (χ2v) is 8.49. The molecular formula is C24H48NO5+. The second-order valence-electron chi connectivity index (χ2n) is 8.49. The van der Waals surface area contributed by atoms with E-state index in [9.17, 15) is 20.1 Å². The number of aliphatic carboxylic acids is 1. The monoisotopic (exact) mass is 430 g/mol. The van der Waals surface area contributed by atoms with Crippen molar-refractivity contribution in [2.75, 3.05) is 46.0 Å². The van der Waals surface area contributed by atoms with Crippen molar-refractivity contribution in [3.8, 4) is 0 Å². The molecule has 30 heavy (non-hydrogen) atoms. The Bertz CT molecular complexity index is 397. The van der Waals surface area contributed by atoms with Crippen molar-refractivity contribution in [1.82, 2.24) is 0 Å². The van der Waals surface area contributed by atoms with Gasteiger partial charge in [-0.1, -0.05) is 50.7 Å². The molecule has 0 aliphatic carbocycles. The van der Waals surface area contributed by atoms with Crippen LogP contribution in [-0.2, 0) is 4.79 Å². The molecule has 0 unspecified atom stereocenters. The Morgan fingerprint density at radius 2 is 0.967 bits per heavy atom. The standard InChI is InChI=1S/C24H47NO5/c26-21-18-25(19-22-27,20-23-28)17-15-13-11-9-7-5-3-1-2-4-6-8-10-12-14-16-24(29)30/h1-2,26-28H,3-23H2/p+1/b2-1-. The van der Waals surface area contributed by atoms with E-state index >= 15 is 0 Å². The third kappa shape index (κ3) is 17.9. The Morgan fingerprint density at radius 3 is 1.40 bits per heavy atom. The lowest BCUT2D eigenvalue weighted by molar-refractivity contribution is -0.929. The fraction of sp³-hybridized carbons (Fsp3) is 0.875. The van der Waals surface area contributed by atoms with Crippen molar-refractivity contribution in [3.05, 3.63) is 12.2 Å². The van der Waals surface area contributed by atoms with Gasteiger partial charge in [0, 0.05) is 6.42 Å². The van der Waals surface area contributed by atoms with Crippen molar-refractivity contribution >= 4 is 5.97 Å². The summed E-state index contributed by atoms with van der Waals surface area (Å²) in [6, 6.07) is 0. The zero-order valence-corrected chi connectivity index (χ0v) is 19.1. The average Bonchev–Trinajstić information content (AvgIpc) is 2.70. The molecule has 0 heterocycles. The van der Waals surface area contributed by atoms with Crippen molar-refractivity contribution in [3.63, 3.8) is 0 Å². The van der Waals surface area contributed by atoms with Gasteiger partial charge >= 0.3 is 5.97 Å². The van der Waals surface area contributed by atoms with Crippen LogP contribution < -0.4 is 0 Å². The van der Waals surface area contributed by atoms with Crippen molar-refractivity contribution in [1.29, 1.82) is 0 Å². The summed E-state index contributed by atoms with van der Waals surface area (Å²) in [5.41, 5.74) is 0. The molecule has 0 saturated heterocycles. The fourth-order valence-electron chi connectivity index (χ4n) is 4.03. The lowest BCUT2D eigenvalue weighted by Gasteiger charge is -2.37. The van der Waals surface area contributed by atoms with Gasteiger partial charge in [-0.25, -0.2) is 0 Å². The van der Waals surface area contributed by atoms with Crippen LogP contribution in [-0.4, -0.2) is 76.9 Å². The third-order valence-corrected chi connectivity index (χ3v) is 5.90. The molecule has 178 valence electrons. The highest BCUT2D eigenvalue weighted by Gasteiger charge is 2.25. The number of carboxylic acids is 1. The Morgan fingerprint density at radius 1 is 0.567 bits per heavy atom. The fourth-order valence-corrected chi connectivity index (χ4v) is 4.03. The summed E-state index contributed by atoms with van der Waals surface area (Å²) in [5.74, 6) is -0.687. The predicted octanol–water partition coefficient (Wildman–Crippen LogP) is 3.88. The molecule has 0 atom stereocenters. The van der Waals surface area contributed by atoms with E-state index in [-0.39, 0.29) is 19.8 Å². The number of unbranched alkanes of at least 4 members (excludes halogenated alkanes) is 11. The van der Waals surface area contributed by atoms with E-state index in [0.717, 1.165) is 45.1 Å². The maximum Gasteiger partial charge on any atom is 0.303 e. The minimum absolute atomic E-state index is 0.0975. The maximum absolute atomic E-state index is 10.4. The normalized spacial score (nSPS) is 12.1. The van der Waals surface area contributed by atoms with Crippen molar-refractivity contribution in [2.24, 2.45) is 0 Å². The molecule has 0 rings (SSSR count). The first-order chi connectivity index (χ1) is 14.6. The van der Waals surface area contributed by atoms with Gasteiger partial charge in [0.1, 0.15) is 19.6 Å². The van der Waals surface area contributed by atoms with Gasteiger partial charge in [-0.05, 0) is 44.9 Å². The zero-order chi connectivity index (χ0) is 22.3. The molecule has 6 nitrogen and oxygen atoms in total. The average molecular weight is 431 g/mol. The number of aliphatic hydroxyl groups is 3. The number of hydrogen-bond acceptors (Lipinski definition) is 4. The lowest BCUT2D eigenvalue weighted by atomic mass is 10.1. The van der Waals surface area contributed by atoms with E-state index in [1.165, 1.54) is 44.9 Å². The summed E-state index contributed by atoms with van der Waals surface area (Å²) in [6.07, 6.45) is 19.8. The van der Waals surface area contributed by atoms with Gasteiger partial charge in [-0.15, -0.1) is 0 Å². The molecule has 0 amide bonds. The highest BCUT2D eigenvalue weighted by molar-refractivity contribution is 5.66. The number of hydrogen-bond donors (Lipinski definition) is 4. The van der Waals surface area contributed by atoms with Crippen LogP contribution in [0.3, 0.4) is 0 Å². The molecule has 0 radical (unpaired) electrons. The Kier molecular flexibility index (Phi) is 20.6. The summed E-state index contributed by atoms with van der Waals surface area (Å²) in [4.78, 5) is 10.4. The molecule has 0 aromatic carbocycles. The highest BCUT2D eigenvalue weighted by Crippen LogP contribution is 2.13. The molecule has 0 bridgehead atoms. The van der Waals surface area contributed by atoms with E-state index in [1.807, 2.05) is 0 Å². The predicted molar refractivity (Wildman–Crippen MR) is 122 cm³/mol. The number of carboxylic acid groups (broad SMARTS) is 1. The van der Waals surface area contributed by atoms with Crippen LogP contribution in [0.1, 0.15) is 89.9 Å². The van der Waals surface area contributed by atoms with Gasteiger partial charge in [0.15, 0.2) is 0 Å². The molecule has 0 fully saturated rings. The topological polar surface area (TPSA) is 98.0 Å². The van der Waals surface area contributed by atoms with Crippen molar-refractivity contribution < 1.29 is 29.7 Å². The van der Waals surface area contributed by atoms with E-state index in [0.29, 0.717) is 30.5 Å². The number of aliphatic hydroxyl groups excluding tert-OH is 3. The molecule has 0 aliphatic heterocycles. The first-order valence-electron chi connectivity index (χ1n) is 12.1. The first kappa shape index (κ1) is 29.1. The largest absolute Gasteiger partial charge is 0.481 e. The first-order valence-corrected chi connectivity index (χ1v) is 12.1. The lowest BCUT2D eigenvalue weighted by Crippen LogP contribution is -2.53. The molecule has 6 heteroatoms. The Hall–Kier alpha value is -0.950. The minimum atomic E-state index is -0.687. The van der Waals surface area contributed by atoms with E-state index in [1.54, 1.807) is 0 Å². The van der Waals surface area contributed by atoms with Crippen LogP contribution in [0.25, 0.3) is 0 Å². The van der Waals surface area contributed by atoms with Crippen LogP contribution in [0.5, 0.6) is 0 Å². The van der Waals surface area contributed by atoms with Crippen LogP contribution in [0, 0.1) is 0 Å². The van der Waals surface area contributed by atoms with Crippen LogP contribution >= 0.6 is 0 Å². The van der Waals surface area contributed by atoms with E-state index < -0.39 is 5.97 Å². The van der Waals surface area contributed by atoms with Gasteiger partial charge in [-0.2, -0.15) is 0 Å². The number of allylic oxidation sites excluding steroid dienone is 2. The van der Waals surface area contributed by atoms with Crippen molar-refractivity contribution in [2.45, 2.75) is 89.9 Å². The smallest absolute Gasteiger partial charge is 0.303 e. The second kappa shape index (κ2) is 21.3. The quantitative estimate of drug-likeness (QED) is 0.112. The van der Waals surface area contributed by atoms with E-state index in [4.69, 9.17) is 5.11 Å². The SMILES string of the molecule is O=C(O)CCCCCCC/C=C\CCCCCCCC[N+](CCO)(CCO)CCO. The Labute approximate surface area is 184 Å². The van der Waals surface area contributed by atoms with Gasteiger partial charge in [0.25, 0.3) is 0 Å². The van der Waals surface area contributed by atoms with Gasteiger partial charge in [0.05, 0.1) is 26.4 Å². The molecule has 0 aromatic heterocycles. The maximum atomic E-state index is 10.4. The summed E-state index contributed by atoms with van der Waals surface area (Å²) < 4.78 is 0.622. The van der Waals surface area contributed by atoms with Gasteiger partial charge < -0.3 is 24.9 Å². The molecule has 0 saturated carbocycles. The van der Waals surface area contributed by atoms with Gasteiger partial charge in [-0.3, -0.25) is 4.79 Å². The van der Waals surface area contributed by atoms with Crippen LogP contribution in [0.4, 0.5) is 0 Å². The summed E-state index contributed by atoms with van der Waals surface area (Å²) in [5, 5.41) is 36.5. The molecule has 4 N–H and O–H groups in total. The number of rotatable bonds is 23. The molecule has 0 aromatic rings. The van der Waals surface area contributed by atoms with Crippen LogP contribution in [0.15, 0.2) is 12.2 Å². The molecular weight excluding hydrogens is 382 g/mol. The number of nitrogens with zero attached hydrogens (tertiary/aromatic N) is 1. The summed E-state index contributed by atoms with van der Waals surface area (Å²) in [6.45, 7) is 3.04. The Balaban J connectivity index is 3.54. The minimum Gasteiger partial charge on any atom is -0.481 e. The summed E-state index contributed by atoms with van der Waals surface area (Å²) >= 11 is 0. The number of carbonyl (C=O) groups is 1. The third-order valence-electron chi connectivity index (χ3n) is 5.90. The highest BCUT2D eigenvalue weighted by atomic mass is 16.4. The summed E-state index contributed by atoms with van der Waals surface area (Å²) in [7, 11) is 0.